The molecule has 0 spiro atoms. The molecule has 0 saturated heterocycles. The van der Waals surface area contributed by atoms with E-state index in [1.807, 2.05) is 12.1 Å². The lowest BCUT2D eigenvalue weighted by molar-refractivity contribution is -0.138. The van der Waals surface area contributed by atoms with Crippen molar-refractivity contribution in [2.45, 2.75) is 18.9 Å². The molecule has 0 aliphatic carbocycles. The van der Waals surface area contributed by atoms with Gasteiger partial charge in [0.1, 0.15) is 6.04 Å². The number of benzene rings is 1. The Morgan fingerprint density at radius 3 is 2.71 bits per heavy atom. The van der Waals surface area contributed by atoms with Gasteiger partial charge in [-0.1, -0.05) is 12.1 Å². The summed E-state index contributed by atoms with van der Waals surface area (Å²) in [5.74, 6) is -1.00. The number of carboxylic acids is 1. The number of nitrogens with zero attached hydrogens (tertiary/aromatic N) is 1. The number of hydrogen-bond acceptors (Lipinski definition) is 3. The van der Waals surface area contributed by atoms with Crippen LogP contribution >= 0.6 is 0 Å². The molecule has 0 amide bonds. The SMILES string of the molecule is NC(N)=Nc1cccc(CC[C@H](N)C(=O)O)c1. The van der Waals surface area contributed by atoms with Crippen LogP contribution in [0.4, 0.5) is 5.69 Å². The molecule has 1 atom stereocenters. The fourth-order valence-electron chi connectivity index (χ4n) is 1.38. The molecule has 0 radical (unpaired) electrons. The van der Waals surface area contributed by atoms with E-state index in [0.29, 0.717) is 18.5 Å². The molecule has 0 aromatic heterocycles. The van der Waals surface area contributed by atoms with Crippen molar-refractivity contribution in [2.75, 3.05) is 0 Å². The molecular weight excluding hydrogens is 220 g/mol. The van der Waals surface area contributed by atoms with Gasteiger partial charge in [0.15, 0.2) is 5.96 Å². The van der Waals surface area contributed by atoms with E-state index >= 15 is 0 Å². The molecule has 1 aromatic carbocycles. The van der Waals surface area contributed by atoms with Crippen molar-refractivity contribution in [3.05, 3.63) is 29.8 Å². The lowest BCUT2D eigenvalue weighted by Crippen LogP contribution is -2.30. The Labute approximate surface area is 99.1 Å². The third-order valence-electron chi connectivity index (χ3n) is 2.23. The third kappa shape index (κ3) is 4.52. The van der Waals surface area contributed by atoms with Crippen LogP contribution in [0, 0.1) is 0 Å². The number of hydrogen-bond donors (Lipinski definition) is 4. The fourth-order valence-corrected chi connectivity index (χ4v) is 1.38. The molecule has 0 fully saturated rings. The molecule has 7 N–H and O–H groups in total. The zero-order valence-corrected chi connectivity index (χ0v) is 9.34. The van der Waals surface area contributed by atoms with E-state index in [4.69, 9.17) is 22.3 Å². The summed E-state index contributed by atoms with van der Waals surface area (Å²) in [5, 5.41) is 8.65. The summed E-state index contributed by atoms with van der Waals surface area (Å²) in [5.41, 5.74) is 17.5. The zero-order valence-electron chi connectivity index (χ0n) is 9.34. The van der Waals surface area contributed by atoms with Crippen LogP contribution < -0.4 is 17.2 Å². The first kappa shape index (κ1) is 13.0. The van der Waals surface area contributed by atoms with Crippen LogP contribution in [-0.4, -0.2) is 23.1 Å². The maximum Gasteiger partial charge on any atom is 0.320 e. The summed E-state index contributed by atoms with van der Waals surface area (Å²) < 4.78 is 0. The van der Waals surface area contributed by atoms with E-state index in [1.165, 1.54) is 0 Å². The lowest BCUT2D eigenvalue weighted by atomic mass is 10.1. The van der Waals surface area contributed by atoms with E-state index in [2.05, 4.69) is 4.99 Å². The normalized spacial score (nSPS) is 11.8. The van der Waals surface area contributed by atoms with Crippen molar-refractivity contribution in [3.8, 4) is 0 Å². The number of carbonyl (C=O) groups is 1. The van der Waals surface area contributed by atoms with Crippen LogP contribution in [0.15, 0.2) is 29.3 Å². The maximum atomic E-state index is 10.6. The fraction of sp³-hybridized carbons (Fsp3) is 0.273. The monoisotopic (exact) mass is 236 g/mol. The zero-order chi connectivity index (χ0) is 12.8. The topological polar surface area (TPSA) is 128 Å². The highest BCUT2D eigenvalue weighted by atomic mass is 16.4. The Bertz CT molecular complexity index is 427. The number of carboxylic acid groups (broad SMARTS) is 1. The van der Waals surface area contributed by atoms with Gasteiger partial charge in [0.2, 0.25) is 0 Å². The summed E-state index contributed by atoms with van der Waals surface area (Å²) in [4.78, 5) is 14.5. The first-order valence-corrected chi connectivity index (χ1v) is 5.16. The largest absolute Gasteiger partial charge is 0.480 e. The van der Waals surface area contributed by atoms with E-state index in [-0.39, 0.29) is 5.96 Å². The maximum absolute atomic E-state index is 10.6. The smallest absolute Gasteiger partial charge is 0.320 e. The number of rotatable bonds is 5. The van der Waals surface area contributed by atoms with Gasteiger partial charge in [-0.05, 0) is 30.5 Å². The summed E-state index contributed by atoms with van der Waals surface area (Å²) in [6.07, 6.45) is 0.946. The van der Waals surface area contributed by atoms with Crippen LogP contribution in [-0.2, 0) is 11.2 Å². The van der Waals surface area contributed by atoms with Gasteiger partial charge in [0, 0.05) is 0 Å². The second kappa shape index (κ2) is 5.86. The molecule has 17 heavy (non-hydrogen) atoms. The molecule has 0 unspecified atom stereocenters. The minimum Gasteiger partial charge on any atom is -0.480 e. The molecule has 1 rings (SSSR count). The summed E-state index contributed by atoms with van der Waals surface area (Å²) in [6, 6.07) is 6.40. The van der Waals surface area contributed by atoms with Gasteiger partial charge in [0.05, 0.1) is 5.69 Å². The molecule has 6 nitrogen and oxygen atoms in total. The van der Waals surface area contributed by atoms with Crippen LogP contribution in [0.2, 0.25) is 0 Å². The highest BCUT2D eigenvalue weighted by Gasteiger charge is 2.10. The predicted molar refractivity (Wildman–Crippen MR) is 65.8 cm³/mol. The first-order chi connectivity index (χ1) is 7.99. The standard InChI is InChI=1S/C11H16N4O2/c12-9(10(16)17)5-4-7-2-1-3-8(6-7)15-11(13)14/h1-3,6,9H,4-5,12H2,(H,16,17)(H4,13,14,15)/t9-/m0/s1. The number of aryl methyl sites for hydroxylation is 1. The Morgan fingerprint density at radius 2 is 2.12 bits per heavy atom. The average Bonchev–Trinajstić information content (AvgIpc) is 2.25. The van der Waals surface area contributed by atoms with Gasteiger partial charge in [0.25, 0.3) is 0 Å². The predicted octanol–water partition coefficient (Wildman–Crippen LogP) is -0.0640. The van der Waals surface area contributed by atoms with Gasteiger partial charge in [-0.3, -0.25) is 4.79 Å². The Morgan fingerprint density at radius 1 is 1.41 bits per heavy atom. The number of aliphatic carboxylic acids is 1. The molecule has 1 aromatic rings. The number of guanidine groups is 1. The van der Waals surface area contributed by atoms with Crippen molar-refractivity contribution < 1.29 is 9.90 Å². The molecule has 0 aliphatic heterocycles. The van der Waals surface area contributed by atoms with Crippen LogP contribution in [0.5, 0.6) is 0 Å². The van der Waals surface area contributed by atoms with Gasteiger partial charge < -0.3 is 22.3 Å². The molecule has 6 heteroatoms. The van der Waals surface area contributed by atoms with E-state index in [9.17, 15) is 4.79 Å². The Balaban J connectivity index is 2.66. The van der Waals surface area contributed by atoms with Crippen LogP contribution in [0.3, 0.4) is 0 Å². The van der Waals surface area contributed by atoms with E-state index in [0.717, 1.165) is 5.56 Å². The van der Waals surface area contributed by atoms with Gasteiger partial charge in [-0.2, -0.15) is 0 Å². The minimum absolute atomic E-state index is 0.00983. The van der Waals surface area contributed by atoms with Crippen molar-refractivity contribution in [1.29, 1.82) is 0 Å². The Hall–Kier alpha value is -2.08. The second-order valence-electron chi connectivity index (χ2n) is 3.69. The minimum atomic E-state index is -0.995. The van der Waals surface area contributed by atoms with Crippen LogP contribution in [0.1, 0.15) is 12.0 Å². The van der Waals surface area contributed by atoms with Gasteiger partial charge in [-0.25, -0.2) is 4.99 Å². The summed E-state index contributed by atoms with van der Waals surface area (Å²) in [6.45, 7) is 0. The number of aliphatic imine (C=N–C) groups is 1. The van der Waals surface area contributed by atoms with Crippen molar-refractivity contribution in [2.24, 2.45) is 22.2 Å². The third-order valence-corrected chi connectivity index (χ3v) is 2.23. The van der Waals surface area contributed by atoms with E-state index in [1.54, 1.807) is 12.1 Å². The van der Waals surface area contributed by atoms with Gasteiger partial charge in [-0.15, -0.1) is 0 Å². The molecule has 0 heterocycles. The Kier molecular flexibility index (Phi) is 4.47. The van der Waals surface area contributed by atoms with Gasteiger partial charge >= 0.3 is 5.97 Å². The van der Waals surface area contributed by atoms with Crippen molar-refractivity contribution in [3.63, 3.8) is 0 Å². The quantitative estimate of drug-likeness (QED) is 0.420. The molecule has 0 aliphatic rings. The number of nitrogens with two attached hydrogens (primary N) is 3. The van der Waals surface area contributed by atoms with Crippen molar-refractivity contribution >= 4 is 17.6 Å². The molecular formula is C11H16N4O2. The highest BCUT2D eigenvalue weighted by Crippen LogP contribution is 2.15. The van der Waals surface area contributed by atoms with Crippen LogP contribution in [0.25, 0.3) is 0 Å². The van der Waals surface area contributed by atoms with E-state index < -0.39 is 12.0 Å². The highest BCUT2D eigenvalue weighted by molar-refractivity contribution is 5.79. The lowest BCUT2D eigenvalue weighted by Gasteiger charge is -2.06. The molecule has 0 saturated carbocycles. The molecule has 0 bridgehead atoms. The molecule has 92 valence electrons. The second-order valence-corrected chi connectivity index (χ2v) is 3.69. The van der Waals surface area contributed by atoms with Crippen molar-refractivity contribution in [1.82, 2.24) is 0 Å². The first-order valence-electron chi connectivity index (χ1n) is 5.16. The summed E-state index contributed by atoms with van der Waals surface area (Å²) >= 11 is 0. The average molecular weight is 236 g/mol. The summed E-state index contributed by atoms with van der Waals surface area (Å²) in [7, 11) is 0.